The van der Waals surface area contributed by atoms with E-state index < -0.39 is 6.43 Å². The Kier molecular flexibility index (Phi) is 3.59. The largest absolute Gasteiger partial charge is 0.469 e. The summed E-state index contributed by atoms with van der Waals surface area (Å²) in [5.41, 5.74) is 0. The topological polar surface area (TPSA) is 29.5 Å². The number of hydrogen-bond acceptors (Lipinski definition) is 3. The number of esters is 1. The lowest BCUT2D eigenvalue weighted by molar-refractivity contribution is -0.145. The van der Waals surface area contributed by atoms with Crippen LogP contribution in [0, 0.1) is 5.92 Å². The maximum absolute atomic E-state index is 11.9. The van der Waals surface area contributed by atoms with Crippen LogP contribution in [0.5, 0.6) is 0 Å². The van der Waals surface area contributed by atoms with Gasteiger partial charge >= 0.3 is 5.97 Å². The van der Waals surface area contributed by atoms with Crippen molar-refractivity contribution in [3.8, 4) is 0 Å². The fourth-order valence-electron chi connectivity index (χ4n) is 1.55. The Morgan fingerprint density at radius 1 is 1.69 bits per heavy atom. The minimum atomic E-state index is -2.32. The number of ether oxygens (including phenoxy) is 1. The molecular weight excluding hydrogens is 180 g/mol. The van der Waals surface area contributed by atoms with Gasteiger partial charge in [0, 0.05) is 6.54 Å². The van der Waals surface area contributed by atoms with Crippen molar-refractivity contribution in [1.82, 2.24) is 4.90 Å². The predicted octanol–water partition coefficient (Wildman–Crippen LogP) is 0.746. The zero-order chi connectivity index (χ0) is 9.84. The van der Waals surface area contributed by atoms with Gasteiger partial charge in [0.2, 0.25) is 0 Å². The summed E-state index contributed by atoms with van der Waals surface area (Å²) in [6.07, 6.45) is -1.70. The quantitative estimate of drug-likeness (QED) is 0.619. The van der Waals surface area contributed by atoms with E-state index in [0.29, 0.717) is 19.5 Å². The summed E-state index contributed by atoms with van der Waals surface area (Å²) in [6.45, 7) is 0.717. The number of nitrogens with zero attached hydrogens (tertiary/aromatic N) is 1. The number of likely N-dealkylation sites (tertiary alicyclic amines) is 1. The van der Waals surface area contributed by atoms with E-state index in [1.165, 1.54) is 7.11 Å². The highest BCUT2D eigenvalue weighted by molar-refractivity contribution is 5.72. The molecule has 1 rings (SSSR count). The van der Waals surface area contributed by atoms with Crippen molar-refractivity contribution in [1.29, 1.82) is 0 Å². The SMILES string of the molecule is COC(=O)C1CCN(CC(F)F)C1. The molecule has 1 aliphatic rings. The lowest BCUT2D eigenvalue weighted by Gasteiger charge is -2.13. The summed E-state index contributed by atoms with van der Waals surface area (Å²) in [7, 11) is 1.32. The third-order valence-electron chi connectivity index (χ3n) is 2.20. The molecule has 0 bridgehead atoms. The average Bonchev–Trinajstić information content (AvgIpc) is 2.50. The molecule has 13 heavy (non-hydrogen) atoms. The minimum Gasteiger partial charge on any atom is -0.469 e. The Labute approximate surface area is 75.7 Å². The molecule has 0 amide bonds. The number of alkyl halides is 2. The van der Waals surface area contributed by atoms with Crippen LogP contribution in [-0.4, -0.2) is 44.0 Å². The number of carbonyl (C=O) groups is 1. The Morgan fingerprint density at radius 2 is 2.38 bits per heavy atom. The molecular formula is C8H13F2NO2. The molecule has 0 spiro atoms. The average molecular weight is 193 g/mol. The third kappa shape index (κ3) is 2.91. The van der Waals surface area contributed by atoms with Crippen molar-refractivity contribution in [2.24, 2.45) is 5.92 Å². The first-order chi connectivity index (χ1) is 6.13. The maximum Gasteiger partial charge on any atom is 0.310 e. The molecule has 0 aromatic heterocycles. The number of halogens is 2. The summed E-state index contributed by atoms with van der Waals surface area (Å²) in [6, 6.07) is 0. The molecule has 0 N–H and O–H groups in total. The normalized spacial score (nSPS) is 23.8. The summed E-state index contributed by atoms with van der Waals surface area (Å²) in [5, 5.41) is 0. The van der Waals surface area contributed by atoms with Crippen LogP contribution in [0.1, 0.15) is 6.42 Å². The number of hydrogen-bond donors (Lipinski definition) is 0. The number of carbonyl (C=O) groups excluding carboxylic acids is 1. The predicted molar refractivity (Wildman–Crippen MR) is 42.6 cm³/mol. The van der Waals surface area contributed by atoms with E-state index in [0.717, 1.165) is 0 Å². The minimum absolute atomic E-state index is 0.219. The molecule has 0 aromatic rings. The van der Waals surface area contributed by atoms with E-state index in [1.807, 2.05) is 0 Å². The molecule has 1 heterocycles. The van der Waals surface area contributed by atoms with Gasteiger partial charge in [-0.05, 0) is 13.0 Å². The van der Waals surface area contributed by atoms with Crippen LogP contribution in [0.15, 0.2) is 0 Å². The summed E-state index contributed by atoms with van der Waals surface area (Å²) in [5.74, 6) is -0.513. The second-order valence-electron chi connectivity index (χ2n) is 3.16. The highest BCUT2D eigenvalue weighted by Crippen LogP contribution is 2.17. The standard InChI is InChI=1S/C8H13F2NO2/c1-13-8(12)6-2-3-11(4-6)5-7(9)10/h6-7H,2-5H2,1H3. The second-order valence-corrected chi connectivity index (χ2v) is 3.16. The van der Waals surface area contributed by atoms with Crippen LogP contribution >= 0.6 is 0 Å². The van der Waals surface area contributed by atoms with Gasteiger partial charge in [-0.1, -0.05) is 0 Å². The van der Waals surface area contributed by atoms with Crippen LogP contribution < -0.4 is 0 Å². The molecule has 0 saturated carbocycles. The van der Waals surface area contributed by atoms with E-state index in [1.54, 1.807) is 4.90 Å². The van der Waals surface area contributed by atoms with Gasteiger partial charge in [0.15, 0.2) is 0 Å². The molecule has 1 fully saturated rings. The second kappa shape index (κ2) is 4.50. The van der Waals surface area contributed by atoms with E-state index in [9.17, 15) is 13.6 Å². The van der Waals surface area contributed by atoms with E-state index in [2.05, 4.69) is 4.74 Å². The van der Waals surface area contributed by atoms with E-state index in [4.69, 9.17) is 0 Å². The van der Waals surface area contributed by atoms with Crippen molar-refractivity contribution >= 4 is 5.97 Å². The first kappa shape index (κ1) is 10.4. The van der Waals surface area contributed by atoms with Crippen LogP contribution in [-0.2, 0) is 9.53 Å². The molecule has 0 aromatic carbocycles. The third-order valence-corrected chi connectivity index (χ3v) is 2.20. The molecule has 0 aliphatic carbocycles. The van der Waals surface area contributed by atoms with Gasteiger partial charge in [0.05, 0.1) is 19.6 Å². The molecule has 76 valence electrons. The van der Waals surface area contributed by atoms with Crippen molar-refractivity contribution < 1.29 is 18.3 Å². The van der Waals surface area contributed by atoms with E-state index in [-0.39, 0.29) is 18.4 Å². The molecule has 1 saturated heterocycles. The van der Waals surface area contributed by atoms with Crippen LogP contribution in [0.2, 0.25) is 0 Å². The molecule has 0 radical (unpaired) electrons. The number of rotatable bonds is 3. The van der Waals surface area contributed by atoms with Crippen molar-refractivity contribution in [3.05, 3.63) is 0 Å². The molecule has 5 heteroatoms. The summed E-state index contributed by atoms with van der Waals surface area (Å²) >= 11 is 0. The van der Waals surface area contributed by atoms with Crippen LogP contribution in [0.4, 0.5) is 8.78 Å². The Morgan fingerprint density at radius 3 is 2.92 bits per heavy atom. The summed E-state index contributed by atoms with van der Waals surface area (Å²) in [4.78, 5) is 12.6. The molecule has 1 atom stereocenters. The zero-order valence-corrected chi connectivity index (χ0v) is 7.50. The van der Waals surface area contributed by atoms with Gasteiger partial charge in [0.1, 0.15) is 0 Å². The first-order valence-corrected chi connectivity index (χ1v) is 4.22. The molecule has 1 unspecified atom stereocenters. The fourth-order valence-corrected chi connectivity index (χ4v) is 1.55. The smallest absolute Gasteiger partial charge is 0.310 e. The highest BCUT2D eigenvalue weighted by atomic mass is 19.3. The fraction of sp³-hybridized carbons (Fsp3) is 0.875. The molecule has 3 nitrogen and oxygen atoms in total. The Balaban J connectivity index is 2.32. The maximum atomic E-state index is 11.9. The van der Waals surface area contributed by atoms with Gasteiger partial charge in [-0.3, -0.25) is 9.69 Å². The van der Waals surface area contributed by atoms with Crippen molar-refractivity contribution in [2.45, 2.75) is 12.8 Å². The monoisotopic (exact) mass is 193 g/mol. The van der Waals surface area contributed by atoms with Gasteiger partial charge in [-0.25, -0.2) is 8.78 Å². The lowest BCUT2D eigenvalue weighted by atomic mass is 10.1. The van der Waals surface area contributed by atoms with Gasteiger partial charge in [-0.2, -0.15) is 0 Å². The lowest BCUT2D eigenvalue weighted by Crippen LogP contribution is -2.28. The number of methoxy groups -OCH3 is 1. The van der Waals surface area contributed by atoms with Crippen molar-refractivity contribution in [2.75, 3.05) is 26.7 Å². The van der Waals surface area contributed by atoms with Gasteiger partial charge < -0.3 is 4.74 Å². The first-order valence-electron chi connectivity index (χ1n) is 4.22. The zero-order valence-electron chi connectivity index (χ0n) is 7.50. The Bertz CT molecular complexity index is 187. The van der Waals surface area contributed by atoms with E-state index >= 15 is 0 Å². The van der Waals surface area contributed by atoms with Gasteiger partial charge in [-0.15, -0.1) is 0 Å². The summed E-state index contributed by atoms with van der Waals surface area (Å²) < 4.78 is 28.4. The van der Waals surface area contributed by atoms with Gasteiger partial charge in [0.25, 0.3) is 6.43 Å². The van der Waals surface area contributed by atoms with Crippen LogP contribution in [0.3, 0.4) is 0 Å². The Hall–Kier alpha value is -0.710. The highest BCUT2D eigenvalue weighted by Gasteiger charge is 2.29. The van der Waals surface area contributed by atoms with Crippen molar-refractivity contribution in [3.63, 3.8) is 0 Å². The van der Waals surface area contributed by atoms with Crippen LogP contribution in [0.25, 0.3) is 0 Å². The molecule has 1 aliphatic heterocycles.